The summed E-state index contributed by atoms with van der Waals surface area (Å²) in [5.74, 6) is 0.0642. The maximum absolute atomic E-state index is 9.20. The molecular weight excluding hydrogens is 206 g/mol. The lowest BCUT2D eigenvalue weighted by Gasteiger charge is -2.04. The summed E-state index contributed by atoms with van der Waals surface area (Å²) in [6, 6.07) is 3.20. The molecule has 0 bridgehead atoms. The van der Waals surface area contributed by atoms with E-state index in [0.717, 1.165) is 12.0 Å². The summed E-state index contributed by atoms with van der Waals surface area (Å²) >= 11 is 5.69. The van der Waals surface area contributed by atoms with Crippen LogP contribution >= 0.6 is 11.6 Å². The van der Waals surface area contributed by atoms with E-state index < -0.39 is 0 Å². The zero-order valence-corrected chi connectivity index (χ0v) is 8.34. The molecule has 1 rings (SSSR count). The SMILES string of the molecule is CCc1cc(Cl)cc(O)c1N.O=C=O. The molecule has 0 spiro atoms. The number of hydrogen-bond acceptors (Lipinski definition) is 4. The predicted octanol–water partition coefficient (Wildman–Crippen LogP) is 1.61. The molecule has 0 amide bonds. The van der Waals surface area contributed by atoms with Gasteiger partial charge in [0, 0.05) is 11.1 Å². The third kappa shape index (κ3) is 3.47. The number of aryl methyl sites for hydroxylation is 1. The van der Waals surface area contributed by atoms with E-state index in [1.54, 1.807) is 6.07 Å². The number of nitrogen functional groups attached to an aromatic ring is 1. The summed E-state index contributed by atoms with van der Waals surface area (Å²) < 4.78 is 0. The highest BCUT2D eigenvalue weighted by atomic mass is 35.5. The number of aromatic hydroxyl groups is 1. The van der Waals surface area contributed by atoms with Gasteiger partial charge in [0.1, 0.15) is 5.75 Å². The fraction of sp³-hybridized carbons (Fsp3) is 0.222. The minimum absolute atomic E-state index is 0.0642. The Morgan fingerprint density at radius 2 is 2.00 bits per heavy atom. The quantitative estimate of drug-likeness (QED) is 0.551. The average molecular weight is 216 g/mol. The van der Waals surface area contributed by atoms with E-state index >= 15 is 0 Å². The lowest BCUT2D eigenvalue weighted by atomic mass is 10.1. The molecule has 1 aromatic rings. The van der Waals surface area contributed by atoms with E-state index in [9.17, 15) is 5.11 Å². The van der Waals surface area contributed by atoms with Gasteiger partial charge >= 0.3 is 6.15 Å². The first-order chi connectivity index (χ1) is 6.56. The van der Waals surface area contributed by atoms with Crippen LogP contribution in [0.25, 0.3) is 0 Å². The maximum Gasteiger partial charge on any atom is 0.373 e. The monoisotopic (exact) mass is 215 g/mol. The number of phenols is 1. The van der Waals surface area contributed by atoms with Crippen molar-refractivity contribution in [2.45, 2.75) is 13.3 Å². The van der Waals surface area contributed by atoms with E-state index in [4.69, 9.17) is 26.9 Å². The summed E-state index contributed by atoms with van der Waals surface area (Å²) in [7, 11) is 0. The highest BCUT2D eigenvalue weighted by Gasteiger charge is 2.03. The second-order valence-electron chi connectivity index (χ2n) is 2.43. The van der Waals surface area contributed by atoms with Crippen LogP contribution in [0, 0.1) is 0 Å². The summed E-state index contributed by atoms with van der Waals surface area (Å²) in [5.41, 5.74) is 6.87. The first-order valence-electron chi connectivity index (χ1n) is 3.82. The van der Waals surface area contributed by atoms with Crippen LogP contribution in [-0.2, 0) is 16.0 Å². The van der Waals surface area contributed by atoms with Crippen molar-refractivity contribution in [3.63, 3.8) is 0 Å². The van der Waals surface area contributed by atoms with Gasteiger partial charge < -0.3 is 10.8 Å². The van der Waals surface area contributed by atoms with Gasteiger partial charge in [-0.3, -0.25) is 0 Å². The van der Waals surface area contributed by atoms with E-state index in [-0.39, 0.29) is 11.9 Å². The van der Waals surface area contributed by atoms with Gasteiger partial charge in [0.05, 0.1) is 5.69 Å². The number of nitrogens with two attached hydrogens (primary N) is 1. The van der Waals surface area contributed by atoms with Crippen LogP contribution < -0.4 is 5.73 Å². The Morgan fingerprint density at radius 1 is 1.50 bits per heavy atom. The van der Waals surface area contributed by atoms with Gasteiger partial charge in [0.25, 0.3) is 0 Å². The van der Waals surface area contributed by atoms with Crippen LogP contribution in [0.15, 0.2) is 12.1 Å². The molecule has 0 saturated heterocycles. The topological polar surface area (TPSA) is 80.4 Å². The molecule has 0 aromatic heterocycles. The Kier molecular flexibility index (Phi) is 5.37. The lowest BCUT2D eigenvalue weighted by Crippen LogP contribution is -1.92. The molecule has 3 N–H and O–H groups in total. The number of anilines is 1. The second kappa shape index (κ2) is 6.02. The summed E-state index contributed by atoms with van der Waals surface area (Å²) in [6.45, 7) is 1.96. The van der Waals surface area contributed by atoms with Gasteiger partial charge in [0.2, 0.25) is 0 Å². The minimum atomic E-state index is 0.0642. The number of hydrogen-bond donors (Lipinski definition) is 2. The molecule has 0 heterocycles. The normalized spacial score (nSPS) is 8.43. The molecule has 0 unspecified atom stereocenters. The van der Waals surface area contributed by atoms with Crippen molar-refractivity contribution in [3.05, 3.63) is 22.7 Å². The number of halogens is 1. The molecule has 14 heavy (non-hydrogen) atoms. The molecule has 0 aliphatic carbocycles. The number of rotatable bonds is 1. The standard InChI is InChI=1S/C8H10ClNO.CO2/c1-2-5-3-6(9)4-7(11)8(5)10;2-1-3/h3-4,11H,2,10H2,1H3;. The Bertz CT molecular complexity index is 346. The Morgan fingerprint density at radius 3 is 2.43 bits per heavy atom. The zero-order chi connectivity index (χ0) is 11.1. The van der Waals surface area contributed by atoms with Crippen molar-refractivity contribution in [2.24, 2.45) is 0 Å². The third-order valence-electron chi connectivity index (χ3n) is 1.59. The molecule has 5 heteroatoms. The summed E-state index contributed by atoms with van der Waals surface area (Å²) in [4.78, 5) is 16.2. The highest BCUT2D eigenvalue weighted by molar-refractivity contribution is 6.30. The number of phenolic OH excluding ortho intramolecular Hbond substituents is 1. The van der Waals surface area contributed by atoms with Crippen LogP contribution in [0.2, 0.25) is 5.02 Å². The third-order valence-corrected chi connectivity index (χ3v) is 1.81. The van der Waals surface area contributed by atoms with Crippen LogP contribution in [-0.4, -0.2) is 11.3 Å². The molecular formula is C9H10ClNO3. The second-order valence-corrected chi connectivity index (χ2v) is 2.87. The molecule has 0 atom stereocenters. The first kappa shape index (κ1) is 12.5. The fourth-order valence-electron chi connectivity index (χ4n) is 0.951. The van der Waals surface area contributed by atoms with Gasteiger partial charge in [-0.25, -0.2) is 0 Å². The molecule has 0 radical (unpaired) electrons. The van der Waals surface area contributed by atoms with Crippen LogP contribution in [0.4, 0.5) is 5.69 Å². The van der Waals surface area contributed by atoms with Crippen LogP contribution in [0.5, 0.6) is 5.75 Å². The number of carbonyl (C=O) groups excluding carboxylic acids is 2. The van der Waals surface area contributed by atoms with Crippen molar-refractivity contribution in [1.29, 1.82) is 0 Å². The molecule has 1 aromatic carbocycles. The highest BCUT2D eigenvalue weighted by Crippen LogP contribution is 2.28. The molecule has 0 saturated carbocycles. The summed E-state index contributed by atoms with van der Waals surface area (Å²) in [5, 5.41) is 9.72. The van der Waals surface area contributed by atoms with Crippen molar-refractivity contribution < 1.29 is 14.7 Å². The van der Waals surface area contributed by atoms with Gasteiger partial charge in [-0.1, -0.05) is 18.5 Å². The van der Waals surface area contributed by atoms with E-state index in [2.05, 4.69) is 0 Å². The Balaban J connectivity index is 0.000000500. The molecule has 0 aliphatic heterocycles. The average Bonchev–Trinajstić information content (AvgIpc) is 2.12. The van der Waals surface area contributed by atoms with Crippen molar-refractivity contribution in [3.8, 4) is 5.75 Å². The predicted molar refractivity (Wildman–Crippen MR) is 51.9 cm³/mol. The zero-order valence-electron chi connectivity index (χ0n) is 7.58. The molecule has 0 fully saturated rings. The number of benzene rings is 1. The largest absolute Gasteiger partial charge is 0.506 e. The van der Waals surface area contributed by atoms with Crippen LogP contribution in [0.1, 0.15) is 12.5 Å². The van der Waals surface area contributed by atoms with Crippen molar-refractivity contribution in [2.75, 3.05) is 5.73 Å². The smallest absolute Gasteiger partial charge is 0.373 e. The van der Waals surface area contributed by atoms with E-state index in [1.165, 1.54) is 6.07 Å². The van der Waals surface area contributed by atoms with E-state index in [1.807, 2.05) is 6.92 Å². The van der Waals surface area contributed by atoms with Gasteiger partial charge in [0.15, 0.2) is 0 Å². The minimum Gasteiger partial charge on any atom is -0.506 e. The Labute approximate surface area is 86.3 Å². The van der Waals surface area contributed by atoms with Gasteiger partial charge in [-0.15, -0.1) is 0 Å². The lowest BCUT2D eigenvalue weighted by molar-refractivity contribution is -0.191. The molecule has 76 valence electrons. The van der Waals surface area contributed by atoms with E-state index in [0.29, 0.717) is 10.7 Å². The first-order valence-corrected chi connectivity index (χ1v) is 4.20. The van der Waals surface area contributed by atoms with Crippen molar-refractivity contribution >= 4 is 23.4 Å². The van der Waals surface area contributed by atoms with Crippen LogP contribution in [0.3, 0.4) is 0 Å². The van der Waals surface area contributed by atoms with Gasteiger partial charge in [-0.05, 0) is 18.1 Å². The fourth-order valence-corrected chi connectivity index (χ4v) is 1.19. The molecule has 0 aliphatic rings. The maximum atomic E-state index is 9.20. The van der Waals surface area contributed by atoms with Crippen molar-refractivity contribution in [1.82, 2.24) is 0 Å². The molecule has 4 nitrogen and oxygen atoms in total. The van der Waals surface area contributed by atoms with Gasteiger partial charge in [-0.2, -0.15) is 9.59 Å². The Hall–Kier alpha value is -1.51. The summed E-state index contributed by atoms with van der Waals surface area (Å²) in [6.07, 6.45) is 1.03.